The molecule has 3 amide bonds. The third kappa shape index (κ3) is 9.06. The number of halogens is 1. The van der Waals surface area contributed by atoms with E-state index >= 15 is 0 Å². The summed E-state index contributed by atoms with van der Waals surface area (Å²) in [6.45, 7) is 12.8. The number of ether oxygens (including phenoxy) is 1. The predicted octanol–water partition coefficient (Wildman–Crippen LogP) is 6.70. The number of benzene rings is 2. The summed E-state index contributed by atoms with van der Waals surface area (Å²) >= 11 is 7.98. The lowest BCUT2D eigenvalue weighted by Crippen LogP contribution is -2.59. The maximum absolute atomic E-state index is 14.4. The summed E-state index contributed by atoms with van der Waals surface area (Å²) in [6, 6.07) is 9.44. The fraction of sp³-hybridized carbons (Fsp3) is 0.500. The first-order chi connectivity index (χ1) is 18.6. The maximum atomic E-state index is 14.4. The Hall–Kier alpha value is -2.91. The molecular weight excluding hydrogens is 550 g/mol. The van der Waals surface area contributed by atoms with Crippen LogP contribution < -0.4 is 10.6 Å². The summed E-state index contributed by atoms with van der Waals surface area (Å²) in [5, 5.41) is 16.0. The molecule has 0 fully saturated rings. The lowest BCUT2D eigenvalue weighted by atomic mass is 9.91. The molecule has 0 aromatic heterocycles. The summed E-state index contributed by atoms with van der Waals surface area (Å²) in [5.74, 6) is -0.267. The second-order valence-corrected chi connectivity index (χ2v) is 12.7. The molecule has 0 saturated heterocycles. The van der Waals surface area contributed by atoms with Gasteiger partial charge in [-0.2, -0.15) is 11.8 Å². The van der Waals surface area contributed by atoms with Crippen LogP contribution in [0.5, 0.6) is 5.75 Å². The SMILES string of the molecule is CCC(C)(C)N(C(=O)C(CCSC)NC(=O)OC(C)(C)C)C(C(=O)Nc1c(C)cccc1Cl)c1ccc(O)cc1. The van der Waals surface area contributed by atoms with Crippen LogP contribution in [0.25, 0.3) is 0 Å². The molecule has 0 bridgehead atoms. The van der Waals surface area contributed by atoms with Gasteiger partial charge < -0.3 is 25.4 Å². The number of carbonyl (C=O) groups is 3. The monoisotopic (exact) mass is 591 g/mol. The number of carbonyl (C=O) groups excluding carboxylic acids is 3. The maximum Gasteiger partial charge on any atom is 0.408 e. The zero-order valence-corrected chi connectivity index (χ0v) is 26.2. The first kappa shape index (κ1) is 33.3. The number of thioether (sulfide) groups is 1. The second-order valence-electron chi connectivity index (χ2n) is 11.3. The summed E-state index contributed by atoms with van der Waals surface area (Å²) in [7, 11) is 0. The number of anilines is 1. The van der Waals surface area contributed by atoms with Crippen molar-refractivity contribution in [2.24, 2.45) is 0 Å². The average Bonchev–Trinajstić information content (AvgIpc) is 2.86. The van der Waals surface area contributed by atoms with Crippen molar-refractivity contribution in [3.05, 3.63) is 58.6 Å². The third-order valence-electron chi connectivity index (χ3n) is 6.54. The minimum Gasteiger partial charge on any atom is -0.508 e. The van der Waals surface area contributed by atoms with Gasteiger partial charge in [0.05, 0.1) is 10.7 Å². The van der Waals surface area contributed by atoms with Crippen LogP contribution in [-0.2, 0) is 14.3 Å². The Morgan fingerprint density at radius 1 is 1.07 bits per heavy atom. The fourth-order valence-corrected chi connectivity index (χ4v) is 4.85. The van der Waals surface area contributed by atoms with Crippen molar-refractivity contribution in [3.8, 4) is 5.75 Å². The molecule has 0 aliphatic rings. The average molecular weight is 592 g/mol. The molecule has 0 aliphatic carbocycles. The van der Waals surface area contributed by atoms with E-state index in [1.165, 1.54) is 17.0 Å². The van der Waals surface area contributed by atoms with E-state index in [9.17, 15) is 19.5 Å². The molecule has 10 heteroatoms. The molecule has 2 aromatic rings. The zero-order chi connectivity index (χ0) is 30.3. The number of hydrogen-bond acceptors (Lipinski definition) is 6. The number of aryl methyl sites for hydroxylation is 1. The van der Waals surface area contributed by atoms with Crippen molar-refractivity contribution in [1.29, 1.82) is 0 Å². The van der Waals surface area contributed by atoms with Gasteiger partial charge in [0.15, 0.2) is 0 Å². The van der Waals surface area contributed by atoms with E-state index in [4.69, 9.17) is 16.3 Å². The smallest absolute Gasteiger partial charge is 0.408 e. The lowest BCUT2D eigenvalue weighted by Gasteiger charge is -2.44. The van der Waals surface area contributed by atoms with Gasteiger partial charge >= 0.3 is 6.09 Å². The van der Waals surface area contributed by atoms with Crippen LogP contribution in [0.4, 0.5) is 10.5 Å². The summed E-state index contributed by atoms with van der Waals surface area (Å²) < 4.78 is 5.45. The standard InChI is InChI=1S/C30H42ClN3O5S/c1-9-30(6,7)34(27(37)23(17-18-40-8)32-28(38)39-29(3,4)5)25(20-13-15-21(35)16-14-20)26(36)33-24-19(2)11-10-12-22(24)31/h10-16,23,25,35H,9,17-18H2,1-8H3,(H,32,38)(H,33,36). The molecule has 0 radical (unpaired) electrons. The minimum atomic E-state index is -1.10. The van der Waals surface area contributed by atoms with Crippen LogP contribution in [0.1, 0.15) is 71.6 Å². The van der Waals surface area contributed by atoms with Gasteiger partial charge in [0.1, 0.15) is 23.4 Å². The molecule has 2 aromatic carbocycles. The topological polar surface area (TPSA) is 108 Å². The number of rotatable bonds is 11. The highest BCUT2D eigenvalue weighted by Crippen LogP contribution is 2.35. The summed E-state index contributed by atoms with van der Waals surface area (Å²) in [4.78, 5) is 42.8. The number of phenols is 1. The fourth-order valence-electron chi connectivity index (χ4n) is 4.11. The van der Waals surface area contributed by atoms with Gasteiger partial charge in [-0.05, 0) is 95.7 Å². The Balaban J connectivity index is 2.65. The van der Waals surface area contributed by atoms with Crippen molar-refractivity contribution >= 4 is 47.0 Å². The molecule has 2 unspecified atom stereocenters. The van der Waals surface area contributed by atoms with E-state index in [1.54, 1.807) is 56.8 Å². The quantitative estimate of drug-likeness (QED) is 0.268. The van der Waals surface area contributed by atoms with Gasteiger partial charge in [0.2, 0.25) is 5.91 Å². The number of amides is 3. The zero-order valence-electron chi connectivity index (χ0n) is 24.6. The Morgan fingerprint density at radius 3 is 2.23 bits per heavy atom. The molecule has 2 rings (SSSR count). The van der Waals surface area contributed by atoms with E-state index in [0.29, 0.717) is 34.9 Å². The number of aromatic hydroxyl groups is 1. The highest BCUT2D eigenvalue weighted by atomic mass is 35.5. The Kier molecular flexibility index (Phi) is 11.8. The molecule has 8 nitrogen and oxygen atoms in total. The van der Waals surface area contributed by atoms with Crippen molar-refractivity contribution in [2.45, 2.75) is 84.5 Å². The van der Waals surface area contributed by atoms with E-state index < -0.39 is 41.1 Å². The largest absolute Gasteiger partial charge is 0.508 e. The number of para-hydroxylation sites is 1. The predicted molar refractivity (Wildman–Crippen MR) is 163 cm³/mol. The van der Waals surface area contributed by atoms with Crippen molar-refractivity contribution < 1.29 is 24.2 Å². The van der Waals surface area contributed by atoms with Gasteiger partial charge in [0.25, 0.3) is 5.91 Å². The molecular formula is C30H42ClN3O5S. The Bertz CT molecular complexity index is 1160. The van der Waals surface area contributed by atoms with Crippen molar-refractivity contribution in [2.75, 3.05) is 17.3 Å². The van der Waals surface area contributed by atoms with Crippen LogP contribution in [0.3, 0.4) is 0 Å². The lowest BCUT2D eigenvalue weighted by molar-refractivity contribution is -0.147. The van der Waals surface area contributed by atoms with E-state index in [2.05, 4.69) is 10.6 Å². The first-order valence-electron chi connectivity index (χ1n) is 13.3. The number of alkyl carbamates (subject to hydrolysis) is 1. The molecule has 0 aliphatic heterocycles. The van der Waals surface area contributed by atoms with Crippen LogP contribution in [0.2, 0.25) is 5.02 Å². The van der Waals surface area contributed by atoms with Gasteiger partial charge in [0, 0.05) is 5.54 Å². The van der Waals surface area contributed by atoms with Crippen molar-refractivity contribution in [3.63, 3.8) is 0 Å². The highest BCUT2D eigenvalue weighted by molar-refractivity contribution is 7.98. The van der Waals surface area contributed by atoms with E-state index in [0.717, 1.165) is 5.56 Å². The van der Waals surface area contributed by atoms with Crippen LogP contribution in [-0.4, -0.2) is 57.1 Å². The Labute approximate surface area is 247 Å². The minimum absolute atomic E-state index is 0.0296. The number of phenolic OH excluding ortho intramolecular Hbond substituents is 1. The normalized spacial score (nSPS) is 13.2. The third-order valence-corrected chi connectivity index (χ3v) is 7.50. The summed E-state index contributed by atoms with van der Waals surface area (Å²) in [6.07, 6.45) is 2.07. The van der Waals surface area contributed by atoms with Crippen LogP contribution >= 0.6 is 23.4 Å². The molecule has 3 N–H and O–H groups in total. The molecule has 2 atom stereocenters. The molecule has 0 heterocycles. The molecule has 0 saturated carbocycles. The number of hydrogen-bond donors (Lipinski definition) is 3. The van der Waals surface area contributed by atoms with Gasteiger partial charge in [-0.1, -0.05) is 42.8 Å². The van der Waals surface area contributed by atoms with E-state index in [1.807, 2.05) is 40.0 Å². The molecule has 220 valence electrons. The van der Waals surface area contributed by atoms with Gasteiger partial charge in [-0.25, -0.2) is 4.79 Å². The van der Waals surface area contributed by atoms with Gasteiger partial charge in [-0.3, -0.25) is 9.59 Å². The molecule has 40 heavy (non-hydrogen) atoms. The number of nitrogens with zero attached hydrogens (tertiary/aromatic N) is 1. The number of nitrogens with one attached hydrogen (secondary N) is 2. The Morgan fingerprint density at radius 2 is 1.70 bits per heavy atom. The van der Waals surface area contributed by atoms with E-state index in [-0.39, 0.29) is 5.75 Å². The first-order valence-corrected chi connectivity index (χ1v) is 15.0. The van der Waals surface area contributed by atoms with Crippen molar-refractivity contribution in [1.82, 2.24) is 10.2 Å². The van der Waals surface area contributed by atoms with Crippen LogP contribution in [0.15, 0.2) is 42.5 Å². The molecule has 0 spiro atoms. The highest BCUT2D eigenvalue weighted by Gasteiger charge is 2.43. The van der Waals surface area contributed by atoms with Gasteiger partial charge in [-0.15, -0.1) is 0 Å². The second kappa shape index (κ2) is 14.1. The van der Waals surface area contributed by atoms with Crippen LogP contribution in [0, 0.1) is 6.92 Å². The summed E-state index contributed by atoms with van der Waals surface area (Å²) in [5.41, 5.74) is 0.157.